The molecule has 1 aromatic heterocycles. The summed E-state index contributed by atoms with van der Waals surface area (Å²) in [7, 11) is 0. The van der Waals surface area contributed by atoms with Crippen molar-refractivity contribution in [3.8, 4) is 6.07 Å². The van der Waals surface area contributed by atoms with E-state index in [0.717, 1.165) is 18.4 Å². The lowest BCUT2D eigenvalue weighted by Gasteiger charge is -2.19. The highest BCUT2D eigenvalue weighted by atomic mass is 16.5. The fourth-order valence-corrected chi connectivity index (χ4v) is 4.02. The van der Waals surface area contributed by atoms with Crippen molar-refractivity contribution in [3.05, 3.63) is 88.5 Å². The molecule has 1 unspecified atom stereocenters. The van der Waals surface area contributed by atoms with Crippen LogP contribution in [0, 0.1) is 11.3 Å². The minimum atomic E-state index is -1.02. The number of aromatic nitrogens is 2. The average molecular weight is 504 g/mol. The number of amides is 2. The molecule has 1 heterocycles. The van der Waals surface area contributed by atoms with Crippen molar-refractivity contribution in [3.63, 3.8) is 0 Å². The van der Waals surface area contributed by atoms with E-state index < -0.39 is 23.8 Å². The SMILES string of the molecule is CCCCc1ncc(C(=O)NC(CC(=O)NO)Cc2ccccc2C#N)n1Cc1ccc(C(=O)O)cc1. The molecule has 1 atom stereocenters. The van der Waals surface area contributed by atoms with Gasteiger partial charge in [-0.3, -0.25) is 14.8 Å². The van der Waals surface area contributed by atoms with Gasteiger partial charge in [0.15, 0.2) is 0 Å². The van der Waals surface area contributed by atoms with Gasteiger partial charge in [0, 0.05) is 25.4 Å². The van der Waals surface area contributed by atoms with Gasteiger partial charge >= 0.3 is 5.97 Å². The lowest BCUT2D eigenvalue weighted by atomic mass is 9.98. The number of hydroxylamine groups is 1. The van der Waals surface area contributed by atoms with E-state index in [0.29, 0.717) is 29.9 Å². The number of nitrogens with zero attached hydrogens (tertiary/aromatic N) is 3. The largest absolute Gasteiger partial charge is 0.478 e. The Bertz CT molecular complexity index is 1290. The van der Waals surface area contributed by atoms with Gasteiger partial charge in [0.2, 0.25) is 5.91 Å². The molecule has 0 aliphatic rings. The highest BCUT2D eigenvalue weighted by Gasteiger charge is 2.23. The number of carboxylic acid groups (broad SMARTS) is 1. The Balaban J connectivity index is 1.88. The third-order valence-electron chi connectivity index (χ3n) is 5.96. The second kappa shape index (κ2) is 13.0. The van der Waals surface area contributed by atoms with E-state index in [2.05, 4.69) is 23.3 Å². The number of carbonyl (C=O) groups excluding carboxylic acids is 2. The Morgan fingerprint density at radius 2 is 1.86 bits per heavy atom. The molecule has 0 radical (unpaired) electrons. The molecule has 0 bridgehead atoms. The van der Waals surface area contributed by atoms with Crippen LogP contribution in [0.5, 0.6) is 0 Å². The van der Waals surface area contributed by atoms with Gasteiger partial charge in [0.05, 0.1) is 23.4 Å². The molecule has 192 valence electrons. The predicted molar refractivity (Wildman–Crippen MR) is 134 cm³/mol. The number of aromatic carboxylic acids is 1. The molecule has 0 aliphatic carbocycles. The first-order chi connectivity index (χ1) is 17.9. The molecular weight excluding hydrogens is 474 g/mol. The smallest absolute Gasteiger partial charge is 0.335 e. The van der Waals surface area contributed by atoms with E-state index in [1.54, 1.807) is 46.4 Å². The summed E-state index contributed by atoms with van der Waals surface area (Å²) in [5.41, 5.74) is 3.94. The van der Waals surface area contributed by atoms with Crippen LogP contribution in [0.2, 0.25) is 0 Å². The van der Waals surface area contributed by atoms with Gasteiger partial charge in [-0.15, -0.1) is 0 Å². The maximum Gasteiger partial charge on any atom is 0.335 e. The molecule has 2 aromatic carbocycles. The van der Waals surface area contributed by atoms with E-state index in [-0.39, 0.29) is 24.1 Å². The normalized spacial score (nSPS) is 11.4. The van der Waals surface area contributed by atoms with Gasteiger partial charge in [-0.05, 0) is 42.2 Å². The Labute approximate surface area is 214 Å². The monoisotopic (exact) mass is 503 g/mol. The summed E-state index contributed by atoms with van der Waals surface area (Å²) in [6.07, 6.45) is 3.96. The number of aryl methyl sites for hydroxylation is 1. The standard InChI is InChI=1S/C27H29N5O5/c1-2-3-8-24-29-16-23(32(24)17-18-9-11-19(12-10-18)27(35)36)26(34)30-22(14-25(33)31-37)13-20-6-4-5-7-21(20)15-28/h4-7,9-12,16,22,37H,2-3,8,13-14,17H2,1H3,(H,30,34)(H,31,33)(H,35,36). The quantitative estimate of drug-likeness (QED) is 0.218. The van der Waals surface area contributed by atoms with Crippen LogP contribution in [-0.2, 0) is 24.2 Å². The molecule has 3 rings (SSSR count). The summed E-state index contributed by atoms with van der Waals surface area (Å²) >= 11 is 0. The van der Waals surface area contributed by atoms with Gasteiger partial charge in [0.1, 0.15) is 11.5 Å². The Hall–Kier alpha value is -4.49. The van der Waals surface area contributed by atoms with E-state index in [4.69, 9.17) is 10.3 Å². The van der Waals surface area contributed by atoms with E-state index in [1.807, 2.05) is 0 Å². The zero-order valence-electron chi connectivity index (χ0n) is 20.5. The van der Waals surface area contributed by atoms with Gasteiger partial charge in [-0.1, -0.05) is 43.7 Å². The summed E-state index contributed by atoms with van der Waals surface area (Å²) in [5.74, 6) is -1.43. The maximum atomic E-state index is 13.4. The van der Waals surface area contributed by atoms with E-state index >= 15 is 0 Å². The zero-order valence-corrected chi connectivity index (χ0v) is 20.5. The maximum absolute atomic E-state index is 13.4. The molecule has 0 spiro atoms. The number of carboxylic acids is 1. The van der Waals surface area contributed by atoms with Crippen molar-refractivity contribution in [1.82, 2.24) is 20.3 Å². The first kappa shape index (κ1) is 27.1. The van der Waals surface area contributed by atoms with Crippen LogP contribution in [0.25, 0.3) is 0 Å². The molecule has 0 aliphatic heterocycles. The summed E-state index contributed by atoms with van der Waals surface area (Å²) in [6.45, 7) is 2.36. The number of carbonyl (C=O) groups is 3. The number of imidazole rings is 1. The number of nitrogens with one attached hydrogen (secondary N) is 2. The highest BCUT2D eigenvalue weighted by molar-refractivity contribution is 5.93. The van der Waals surface area contributed by atoms with Crippen molar-refractivity contribution in [2.75, 3.05) is 0 Å². The predicted octanol–water partition coefficient (Wildman–Crippen LogP) is 3.08. The minimum absolute atomic E-state index is 0.168. The lowest BCUT2D eigenvalue weighted by Crippen LogP contribution is -2.41. The van der Waals surface area contributed by atoms with Crippen molar-refractivity contribution < 1.29 is 24.7 Å². The number of hydrogen-bond acceptors (Lipinski definition) is 6. The van der Waals surface area contributed by atoms with Crippen LogP contribution < -0.4 is 10.8 Å². The Kier molecular flexibility index (Phi) is 9.52. The van der Waals surface area contributed by atoms with Crippen molar-refractivity contribution in [2.24, 2.45) is 0 Å². The molecule has 2 amide bonds. The first-order valence-electron chi connectivity index (χ1n) is 11.9. The van der Waals surface area contributed by atoms with Crippen molar-refractivity contribution in [1.29, 1.82) is 5.26 Å². The van der Waals surface area contributed by atoms with Gasteiger partial charge in [-0.25, -0.2) is 15.3 Å². The van der Waals surface area contributed by atoms with Crippen LogP contribution in [0.1, 0.15) is 69.5 Å². The van der Waals surface area contributed by atoms with Crippen LogP contribution in [0.4, 0.5) is 0 Å². The lowest BCUT2D eigenvalue weighted by molar-refractivity contribution is -0.129. The molecule has 0 fully saturated rings. The Morgan fingerprint density at radius 1 is 1.14 bits per heavy atom. The Morgan fingerprint density at radius 3 is 2.51 bits per heavy atom. The molecule has 10 nitrogen and oxygen atoms in total. The summed E-state index contributed by atoms with van der Waals surface area (Å²) < 4.78 is 1.78. The zero-order chi connectivity index (χ0) is 26.8. The fraction of sp³-hybridized carbons (Fsp3) is 0.296. The van der Waals surface area contributed by atoms with Crippen molar-refractivity contribution in [2.45, 2.75) is 51.6 Å². The number of hydrogen-bond donors (Lipinski definition) is 4. The highest BCUT2D eigenvalue weighted by Crippen LogP contribution is 2.16. The summed E-state index contributed by atoms with van der Waals surface area (Å²) in [6, 6.07) is 14.7. The second-order valence-corrected chi connectivity index (χ2v) is 8.63. The van der Waals surface area contributed by atoms with Crippen LogP contribution >= 0.6 is 0 Å². The topological polar surface area (TPSA) is 157 Å². The van der Waals surface area contributed by atoms with Crippen molar-refractivity contribution >= 4 is 17.8 Å². The number of nitriles is 1. The van der Waals surface area contributed by atoms with E-state index in [1.165, 1.54) is 18.3 Å². The van der Waals surface area contributed by atoms with Gasteiger partial charge < -0.3 is 15.0 Å². The average Bonchev–Trinajstić information content (AvgIpc) is 3.30. The fourth-order valence-electron chi connectivity index (χ4n) is 4.02. The van der Waals surface area contributed by atoms with Gasteiger partial charge in [-0.2, -0.15) is 5.26 Å². The number of benzene rings is 2. The number of unbranched alkanes of at least 4 members (excludes halogenated alkanes) is 1. The summed E-state index contributed by atoms with van der Waals surface area (Å²) in [5, 5.41) is 30.5. The molecule has 10 heteroatoms. The molecule has 4 N–H and O–H groups in total. The third-order valence-corrected chi connectivity index (χ3v) is 5.96. The molecule has 37 heavy (non-hydrogen) atoms. The molecule has 0 saturated carbocycles. The van der Waals surface area contributed by atoms with Crippen LogP contribution in [0.15, 0.2) is 54.7 Å². The summed E-state index contributed by atoms with van der Waals surface area (Å²) in [4.78, 5) is 41.0. The van der Waals surface area contributed by atoms with E-state index in [9.17, 15) is 19.6 Å². The molecule has 3 aromatic rings. The van der Waals surface area contributed by atoms with Gasteiger partial charge in [0.25, 0.3) is 5.91 Å². The first-order valence-corrected chi connectivity index (χ1v) is 11.9. The number of rotatable bonds is 12. The minimum Gasteiger partial charge on any atom is -0.478 e. The second-order valence-electron chi connectivity index (χ2n) is 8.63. The van der Waals surface area contributed by atoms with Crippen LogP contribution in [0.3, 0.4) is 0 Å². The molecular formula is C27H29N5O5. The van der Waals surface area contributed by atoms with Crippen LogP contribution in [-0.4, -0.2) is 43.7 Å². The third kappa shape index (κ3) is 7.25. The molecule has 0 saturated heterocycles.